The quantitative estimate of drug-likeness (QED) is 0.196. The highest BCUT2D eigenvalue weighted by molar-refractivity contribution is 6.12. The molecule has 0 aliphatic heterocycles. The number of rotatable bonds is 4. The van der Waals surface area contributed by atoms with Crippen LogP contribution >= 0.6 is 0 Å². The van der Waals surface area contributed by atoms with E-state index in [1.54, 1.807) is 18.2 Å². The Morgan fingerprint density at radius 1 is 0.578 bits per heavy atom. The molecule has 7 nitrogen and oxygen atoms in total. The summed E-state index contributed by atoms with van der Waals surface area (Å²) in [5, 5.41) is 30.8. The minimum Gasteiger partial charge on any atom is -0.308 e. The number of aromatic nitrogens is 3. The van der Waals surface area contributed by atoms with Gasteiger partial charge < -0.3 is 4.57 Å². The molecule has 7 rings (SSSR count). The van der Waals surface area contributed by atoms with Gasteiger partial charge in [0.25, 0.3) is 0 Å². The molecule has 206 valence electrons. The summed E-state index contributed by atoms with van der Waals surface area (Å²) in [6.07, 6.45) is 2.93. The number of fused-ring (bicyclic) bond motifs is 3. The molecule has 0 saturated heterocycles. The lowest BCUT2D eigenvalue weighted by molar-refractivity contribution is 1.14. The number of hydrogen-bond donors (Lipinski definition) is 0. The number of hydrogen-bond acceptors (Lipinski definition) is 5. The predicted molar refractivity (Wildman–Crippen MR) is 173 cm³/mol. The Labute approximate surface area is 258 Å². The number of nitrogens with zero attached hydrogens (tertiary/aromatic N) is 7. The Balaban J connectivity index is 1.47. The van der Waals surface area contributed by atoms with Crippen molar-refractivity contribution in [3.63, 3.8) is 0 Å². The van der Waals surface area contributed by atoms with Gasteiger partial charge in [-0.25, -0.2) is 14.8 Å². The van der Waals surface area contributed by atoms with Gasteiger partial charge in [0, 0.05) is 28.7 Å². The molecule has 0 amide bonds. The van der Waals surface area contributed by atoms with E-state index in [1.807, 2.05) is 78.9 Å². The summed E-state index contributed by atoms with van der Waals surface area (Å²) >= 11 is 0. The molecule has 45 heavy (non-hydrogen) atoms. The van der Waals surface area contributed by atoms with Crippen LogP contribution in [0, 0.1) is 40.6 Å². The Kier molecular flexibility index (Phi) is 6.54. The van der Waals surface area contributed by atoms with Crippen LogP contribution in [0.1, 0.15) is 16.7 Å². The van der Waals surface area contributed by atoms with Gasteiger partial charge in [-0.05, 0) is 82.9 Å². The monoisotopic (exact) mass is 573 g/mol. The molecule has 5 aromatic carbocycles. The van der Waals surface area contributed by atoms with Gasteiger partial charge in [-0.3, -0.25) is 0 Å². The topological polar surface area (TPSA) is 106 Å². The molecule has 7 aromatic rings. The second-order valence-electron chi connectivity index (χ2n) is 10.4. The standard InChI is InChI=1S/C38H19N7/c1-42-32-7-3-6-27(16-32)29-9-13-37-34(18-29)33-17-28(26-5-2-4-24(14-26)19-39)8-12-36(33)45(37)35-11-10-30(15-31(35)21-41)38-43-22-25(20-40)23-44-38/h2-18,22-23H. The maximum Gasteiger partial charge on any atom is 0.187 e. The Bertz CT molecular complexity index is 2360. The molecule has 7 heteroatoms. The minimum atomic E-state index is 0.361. The molecule has 0 fully saturated rings. The highest BCUT2D eigenvalue weighted by Gasteiger charge is 2.18. The van der Waals surface area contributed by atoms with Crippen LogP contribution in [-0.4, -0.2) is 14.5 Å². The predicted octanol–water partition coefficient (Wildman–Crippen LogP) is 8.74. The summed E-state index contributed by atoms with van der Waals surface area (Å²) in [6.45, 7) is 7.46. The van der Waals surface area contributed by atoms with E-state index >= 15 is 0 Å². The van der Waals surface area contributed by atoms with E-state index < -0.39 is 0 Å². The van der Waals surface area contributed by atoms with Gasteiger partial charge >= 0.3 is 0 Å². The lowest BCUT2D eigenvalue weighted by Gasteiger charge is -2.12. The zero-order valence-corrected chi connectivity index (χ0v) is 23.6. The fraction of sp³-hybridized carbons (Fsp3) is 0. The third kappa shape index (κ3) is 4.70. The first-order chi connectivity index (χ1) is 22.1. The summed E-state index contributed by atoms with van der Waals surface area (Å²) in [4.78, 5) is 12.2. The van der Waals surface area contributed by atoms with Gasteiger partial charge in [0.1, 0.15) is 12.1 Å². The van der Waals surface area contributed by atoms with E-state index in [9.17, 15) is 10.5 Å². The van der Waals surface area contributed by atoms with Gasteiger partial charge in [0.2, 0.25) is 0 Å². The molecule has 0 radical (unpaired) electrons. The van der Waals surface area contributed by atoms with E-state index in [2.05, 4.69) is 43.7 Å². The van der Waals surface area contributed by atoms with Crippen molar-refractivity contribution in [2.75, 3.05) is 0 Å². The van der Waals surface area contributed by atoms with E-state index in [0.717, 1.165) is 44.1 Å². The van der Waals surface area contributed by atoms with E-state index in [4.69, 9.17) is 11.8 Å². The fourth-order valence-electron chi connectivity index (χ4n) is 5.66. The van der Waals surface area contributed by atoms with E-state index in [1.165, 1.54) is 12.4 Å². The van der Waals surface area contributed by atoms with Crippen molar-refractivity contribution >= 4 is 27.5 Å². The maximum atomic E-state index is 10.3. The zero-order valence-electron chi connectivity index (χ0n) is 23.6. The molecule has 2 aromatic heterocycles. The largest absolute Gasteiger partial charge is 0.308 e. The smallest absolute Gasteiger partial charge is 0.187 e. The molecule has 2 heterocycles. The summed E-state index contributed by atoms with van der Waals surface area (Å²) in [5.41, 5.74) is 8.97. The van der Waals surface area contributed by atoms with Crippen LogP contribution in [0.25, 0.3) is 66.0 Å². The van der Waals surface area contributed by atoms with Gasteiger partial charge in [-0.1, -0.05) is 42.5 Å². The van der Waals surface area contributed by atoms with Gasteiger partial charge in [-0.2, -0.15) is 15.8 Å². The van der Waals surface area contributed by atoms with Crippen LogP contribution < -0.4 is 0 Å². The molecule has 0 aliphatic carbocycles. The van der Waals surface area contributed by atoms with Gasteiger partial charge in [-0.15, -0.1) is 0 Å². The minimum absolute atomic E-state index is 0.361. The van der Waals surface area contributed by atoms with Gasteiger partial charge in [0.15, 0.2) is 11.5 Å². The first-order valence-electron chi connectivity index (χ1n) is 13.9. The first kappa shape index (κ1) is 26.8. The number of nitriles is 3. The summed E-state index contributed by atoms with van der Waals surface area (Å²) in [7, 11) is 0. The molecule has 0 N–H and O–H groups in total. The molecule has 0 aliphatic rings. The maximum absolute atomic E-state index is 10.3. The lowest BCUT2D eigenvalue weighted by Crippen LogP contribution is -1.99. The molecule has 0 spiro atoms. The van der Waals surface area contributed by atoms with Crippen molar-refractivity contribution in [3.05, 3.63) is 144 Å². The Morgan fingerprint density at radius 2 is 1.18 bits per heavy atom. The van der Waals surface area contributed by atoms with Crippen molar-refractivity contribution in [2.45, 2.75) is 0 Å². The van der Waals surface area contributed by atoms with Crippen molar-refractivity contribution in [1.82, 2.24) is 14.5 Å². The molecular formula is C38H19N7. The van der Waals surface area contributed by atoms with Crippen LogP contribution in [0.5, 0.6) is 0 Å². The fourth-order valence-corrected chi connectivity index (χ4v) is 5.66. The van der Waals surface area contributed by atoms with Crippen molar-refractivity contribution < 1.29 is 0 Å². The molecular weight excluding hydrogens is 554 g/mol. The molecule has 0 atom stereocenters. The summed E-state index contributed by atoms with van der Waals surface area (Å²) in [6, 6.07) is 39.6. The summed E-state index contributed by atoms with van der Waals surface area (Å²) in [5.74, 6) is 0.426. The number of benzene rings is 5. The summed E-state index contributed by atoms with van der Waals surface area (Å²) < 4.78 is 2.08. The second-order valence-corrected chi connectivity index (χ2v) is 10.4. The molecule has 0 unspecified atom stereocenters. The Morgan fingerprint density at radius 3 is 1.80 bits per heavy atom. The second kappa shape index (κ2) is 11.0. The van der Waals surface area contributed by atoms with Crippen molar-refractivity contribution in [2.24, 2.45) is 0 Å². The lowest BCUT2D eigenvalue weighted by atomic mass is 9.99. The van der Waals surface area contributed by atoms with Crippen LogP contribution in [0.4, 0.5) is 5.69 Å². The van der Waals surface area contributed by atoms with Crippen LogP contribution in [0.15, 0.2) is 116 Å². The first-order valence-corrected chi connectivity index (χ1v) is 13.9. The molecule has 0 bridgehead atoms. The van der Waals surface area contributed by atoms with E-state index in [-0.39, 0.29) is 0 Å². The van der Waals surface area contributed by atoms with Crippen LogP contribution in [-0.2, 0) is 0 Å². The normalized spacial score (nSPS) is 10.6. The van der Waals surface area contributed by atoms with Crippen LogP contribution in [0.3, 0.4) is 0 Å². The van der Waals surface area contributed by atoms with E-state index in [0.29, 0.717) is 39.5 Å². The molecule has 0 saturated carbocycles. The highest BCUT2D eigenvalue weighted by Crippen LogP contribution is 2.38. The Hall–Kier alpha value is -7.06. The zero-order chi connectivity index (χ0) is 30.9. The van der Waals surface area contributed by atoms with Crippen LogP contribution in [0.2, 0.25) is 0 Å². The van der Waals surface area contributed by atoms with Crippen molar-refractivity contribution in [1.29, 1.82) is 15.8 Å². The average molecular weight is 574 g/mol. The highest BCUT2D eigenvalue weighted by atomic mass is 15.0. The average Bonchev–Trinajstić information content (AvgIpc) is 3.44. The third-order valence-electron chi connectivity index (χ3n) is 7.80. The SMILES string of the molecule is [C-]#[N+]c1cccc(-c2ccc3c(c2)c2cc(-c4cccc(C#N)c4)ccc2n3-c2ccc(-c3ncc(C#N)cn3)cc2C#N)c1. The third-order valence-corrected chi connectivity index (χ3v) is 7.80. The van der Waals surface area contributed by atoms with Gasteiger partial charge in [0.05, 0.1) is 46.1 Å². The van der Waals surface area contributed by atoms with Crippen molar-refractivity contribution in [3.8, 4) is 57.5 Å².